The summed E-state index contributed by atoms with van der Waals surface area (Å²) in [5.74, 6) is 0. The van der Waals surface area contributed by atoms with E-state index in [1.54, 1.807) is 12.5 Å². The van der Waals surface area contributed by atoms with Crippen LogP contribution in [0.1, 0.15) is 17.2 Å². The first kappa shape index (κ1) is 9.93. The fraction of sp³-hybridized carbons (Fsp3) is 0.250. The van der Waals surface area contributed by atoms with Gasteiger partial charge in [-0.1, -0.05) is 29.8 Å². The van der Waals surface area contributed by atoms with E-state index in [4.69, 9.17) is 5.73 Å². The van der Waals surface area contributed by atoms with E-state index in [1.807, 2.05) is 10.8 Å². The van der Waals surface area contributed by atoms with Crippen LogP contribution in [0, 0.1) is 6.92 Å². The molecule has 3 heteroatoms. The smallest absolute Gasteiger partial charge is 0.0952 e. The Morgan fingerprint density at radius 3 is 2.93 bits per heavy atom. The summed E-state index contributed by atoms with van der Waals surface area (Å²) in [4.78, 5) is 4.05. The van der Waals surface area contributed by atoms with Gasteiger partial charge in [0, 0.05) is 18.9 Å². The van der Waals surface area contributed by atoms with Crippen LogP contribution in [-0.4, -0.2) is 16.1 Å². The van der Waals surface area contributed by atoms with Crippen molar-refractivity contribution in [3.8, 4) is 0 Å². The molecule has 0 radical (unpaired) electrons. The summed E-state index contributed by atoms with van der Waals surface area (Å²) in [6.45, 7) is 2.67. The Bertz CT molecular complexity index is 420. The van der Waals surface area contributed by atoms with Gasteiger partial charge in [0.15, 0.2) is 0 Å². The summed E-state index contributed by atoms with van der Waals surface area (Å²) < 4.78 is 2.04. The third-order valence-electron chi connectivity index (χ3n) is 2.53. The van der Waals surface area contributed by atoms with Crippen molar-refractivity contribution in [3.63, 3.8) is 0 Å². The SMILES string of the molecule is Cc1cccc(C(CN)n2ccnc2)c1. The lowest BCUT2D eigenvalue weighted by Gasteiger charge is -2.17. The van der Waals surface area contributed by atoms with E-state index in [2.05, 4.69) is 36.2 Å². The highest BCUT2D eigenvalue weighted by Gasteiger charge is 2.10. The van der Waals surface area contributed by atoms with Crippen LogP contribution in [0.2, 0.25) is 0 Å². The highest BCUT2D eigenvalue weighted by molar-refractivity contribution is 5.26. The summed E-state index contributed by atoms with van der Waals surface area (Å²) in [6, 6.07) is 8.60. The summed E-state index contributed by atoms with van der Waals surface area (Å²) in [5.41, 5.74) is 8.29. The average Bonchev–Trinajstić information content (AvgIpc) is 2.72. The number of benzene rings is 1. The lowest BCUT2D eigenvalue weighted by Crippen LogP contribution is -2.19. The van der Waals surface area contributed by atoms with E-state index < -0.39 is 0 Å². The molecule has 1 unspecified atom stereocenters. The molecule has 0 aliphatic carbocycles. The quantitative estimate of drug-likeness (QED) is 0.822. The molecule has 2 aromatic rings. The molecule has 0 fully saturated rings. The van der Waals surface area contributed by atoms with Crippen molar-refractivity contribution < 1.29 is 0 Å². The fourth-order valence-electron chi connectivity index (χ4n) is 1.76. The fourth-order valence-corrected chi connectivity index (χ4v) is 1.76. The van der Waals surface area contributed by atoms with E-state index in [9.17, 15) is 0 Å². The molecule has 3 nitrogen and oxygen atoms in total. The Labute approximate surface area is 89.6 Å². The third kappa shape index (κ3) is 2.07. The number of nitrogens with two attached hydrogens (primary N) is 1. The van der Waals surface area contributed by atoms with Gasteiger partial charge in [-0.25, -0.2) is 4.98 Å². The van der Waals surface area contributed by atoms with Gasteiger partial charge in [-0.3, -0.25) is 0 Å². The van der Waals surface area contributed by atoms with E-state index in [0.29, 0.717) is 6.54 Å². The average molecular weight is 201 g/mol. The standard InChI is InChI=1S/C12H15N3/c1-10-3-2-4-11(7-10)12(8-13)15-6-5-14-9-15/h2-7,9,12H,8,13H2,1H3. The van der Waals surface area contributed by atoms with Crippen molar-refractivity contribution in [1.82, 2.24) is 9.55 Å². The largest absolute Gasteiger partial charge is 0.329 e. The first-order valence-electron chi connectivity index (χ1n) is 5.05. The van der Waals surface area contributed by atoms with Crippen LogP contribution in [0.25, 0.3) is 0 Å². The molecular weight excluding hydrogens is 186 g/mol. The molecule has 1 aromatic heterocycles. The van der Waals surface area contributed by atoms with E-state index in [-0.39, 0.29) is 6.04 Å². The van der Waals surface area contributed by atoms with Crippen LogP contribution >= 0.6 is 0 Å². The summed E-state index contributed by atoms with van der Waals surface area (Å²) in [6.07, 6.45) is 5.53. The summed E-state index contributed by atoms with van der Waals surface area (Å²) >= 11 is 0. The molecule has 1 atom stereocenters. The molecular formula is C12H15N3. The normalized spacial score (nSPS) is 12.7. The number of aromatic nitrogens is 2. The predicted molar refractivity (Wildman–Crippen MR) is 60.6 cm³/mol. The third-order valence-corrected chi connectivity index (χ3v) is 2.53. The maximum absolute atomic E-state index is 5.80. The number of imidazole rings is 1. The minimum atomic E-state index is 0.187. The molecule has 15 heavy (non-hydrogen) atoms. The molecule has 0 saturated carbocycles. The van der Waals surface area contributed by atoms with Gasteiger partial charge < -0.3 is 10.3 Å². The van der Waals surface area contributed by atoms with Gasteiger partial charge in [0.2, 0.25) is 0 Å². The molecule has 78 valence electrons. The molecule has 1 aromatic carbocycles. The zero-order chi connectivity index (χ0) is 10.7. The lowest BCUT2D eigenvalue weighted by molar-refractivity contribution is 0.594. The minimum Gasteiger partial charge on any atom is -0.329 e. The Balaban J connectivity index is 2.35. The molecule has 0 amide bonds. The second-order valence-corrected chi connectivity index (χ2v) is 3.68. The Morgan fingerprint density at radius 2 is 2.33 bits per heavy atom. The molecule has 1 heterocycles. The van der Waals surface area contributed by atoms with Crippen LogP contribution in [0.3, 0.4) is 0 Å². The van der Waals surface area contributed by atoms with Crippen molar-refractivity contribution in [3.05, 3.63) is 54.1 Å². The van der Waals surface area contributed by atoms with Crippen LogP contribution < -0.4 is 5.73 Å². The van der Waals surface area contributed by atoms with Gasteiger partial charge in [0.05, 0.1) is 12.4 Å². The minimum absolute atomic E-state index is 0.187. The molecule has 0 saturated heterocycles. The van der Waals surface area contributed by atoms with Crippen LogP contribution in [0.4, 0.5) is 0 Å². The first-order valence-corrected chi connectivity index (χ1v) is 5.05. The molecule has 2 N–H and O–H groups in total. The maximum Gasteiger partial charge on any atom is 0.0952 e. The number of rotatable bonds is 3. The number of hydrogen-bond donors (Lipinski definition) is 1. The van der Waals surface area contributed by atoms with E-state index in [0.717, 1.165) is 0 Å². The number of aryl methyl sites for hydroxylation is 1. The molecule has 0 spiro atoms. The first-order chi connectivity index (χ1) is 7.31. The van der Waals surface area contributed by atoms with Crippen molar-refractivity contribution in [2.24, 2.45) is 5.73 Å². The zero-order valence-electron chi connectivity index (χ0n) is 8.80. The number of hydrogen-bond acceptors (Lipinski definition) is 2. The van der Waals surface area contributed by atoms with Gasteiger partial charge in [-0.05, 0) is 12.5 Å². The molecule has 2 rings (SSSR count). The van der Waals surface area contributed by atoms with Crippen molar-refractivity contribution in [2.45, 2.75) is 13.0 Å². The highest BCUT2D eigenvalue weighted by atomic mass is 15.1. The van der Waals surface area contributed by atoms with Crippen molar-refractivity contribution in [1.29, 1.82) is 0 Å². The van der Waals surface area contributed by atoms with E-state index in [1.165, 1.54) is 11.1 Å². The topological polar surface area (TPSA) is 43.8 Å². The van der Waals surface area contributed by atoms with Crippen LogP contribution in [-0.2, 0) is 0 Å². The summed E-state index contributed by atoms with van der Waals surface area (Å²) in [5, 5.41) is 0. The molecule has 0 aliphatic rings. The van der Waals surface area contributed by atoms with Crippen LogP contribution in [0.5, 0.6) is 0 Å². The van der Waals surface area contributed by atoms with Gasteiger partial charge in [0.25, 0.3) is 0 Å². The van der Waals surface area contributed by atoms with E-state index >= 15 is 0 Å². The maximum atomic E-state index is 5.80. The van der Waals surface area contributed by atoms with Crippen molar-refractivity contribution in [2.75, 3.05) is 6.54 Å². The Morgan fingerprint density at radius 1 is 1.47 bits per heavy atom. The Kier molecular flexibility index (Phi) is 2.83. The lowest BCUT2D eigenvalue weighted by atomic mass is 10.0. The molecule has 0 aliphatic heterocycles. The summed E-state index contributed by atoms with van der Waals surface area (Å²) in [7, 11) is 0. The van der Waals surface area contributed by atoms with Crippen LogP contribution in [0.15, 0.2) is 43.0 Å². The van der Waals surface area contributed by atoms with Gasteiger partial charge >= 0.3 is 0 Å². The monoisotopic (exact) mass is 201 g/mol. The predicted octanol–water partition coefficient (Wildman–Crippen LogP) is 1.74. The zero-order valence-corrected chi connectivity index (χ0v) is 8.80. The van der Waals surface area contributed by atoms with Gasteiger partial charge in [-0.2, -0.15) is 0 Å². The second-order valence-electron chi connectivity index (χ2n) is 3.68. The van der Waals surface area contributed by atoms with Gasteiger partial charge in [0.1, 0.15) is 0 Å². The van der Waals surface area contributed by atoms with Gasteiger partial charge in [-0.15, -0.1) is 0 Å². The highest BCUT2D eigenvalue weighted by Crippen LogP contribution is 2.17. The number of nitrogens with zero attached hydrogens (tertiary/aromatic N) is 2. The molecule has 0 bridgehead atoms. The Hall–Kier alpha value is -1.61. The van der Waals surface area contributed by atoms with Crippen molar-refractivity contribution >= 4 is 0 Å². The second kappa shape index (κ2) is 4.28.